The van der Waals surface area contributed by atoms with E-state index in [1.807, 2.05) is 0 Å². The van der Waals surface area contributed by atoms with Gasteiger partial charge in [-0.15, -0.1) is 0 Å². The van der Waals surface area contributed by atoms with E-state index >= 15 is 0 Å². The third-order valence-electron chi connectivity index (χ3n) is 5.78. The molecule has 2 heterocycles. The highest BCUT2D eigenvalue weighted by Gasteiger charge is 2.32. The Balaban J connectivity index is 1.41. The number of carbonyl (C=O) groups is 2. The minimum absolute atomic E-state index is 0.121. The van der Waals surface area contributed by atoms with Gasteiger partial charge >= 0.3 is 5.97 Å². The molecule has 41 heavy (non-hydrogen) atoms. The summed E-state index contributed by atoms with van der Waals surface area (Å²) < 4.78 is 17.2. The number of halogens is 1. The zero-order valence-corrected chi connectivity index (χ0v) is 24.2. The lowest BCUT2D eigenvalue weighted by molar-refractivity contribution is -0.384. The number of nitrogens with one attached hydrogen (secondary N) is 3. The largest absolute Gasteiger partial charge is 0.483 e. The van der Waals surface area contributed by atoms with Crippen molar-refractivity contribution >= 4 is 57.0 Å². The molecule has 0 saturated heterocycles. The first-order valence-corrected chi connectivity index (χ1v) is 13.4. The van der Waals surface area contributed by atoms with Crippen LogP contribution in [-0.2, 0) is 14.3 Å². The Morgan fingerprint density at radius 2 is 2.02 bits per heavy atom. The van der Waals surface area contributed by atoms with E-state index in [1.54, 1.807) is 62.4 Å². The van der Waals surface area contributed by atoms with Crippen LogP contribution in [0.15, 0.2) is 79.9 Å². The highest BCUT2D eigenvalue weighted by Crippen LogP contribution is 2.34. The molecule has 4 rings (SSSR count). The highest BCUT2D eigenvalue weighted by atomic mass is 79.9. The predicted molar refractivity (Wildman–Crippen MR) is 157 cm³/mol. The van der Waals surface area contributed by atoms with Crippen molar-refractivity contribution in [2.24, 2.45) is 5.10 Å². The maximum Gasteiger partial charge on any atom is 0.338 e. The van der Waals surface area contributed by atoms with E-state index in [0.29, 0.717) is 37.7 Å². The number of carbonyl (C=O) groups excluding carboxylic acids is 2. The summed E-state index contributed by atoms with van der Waals surface area (Å²) in [6, 6.07) is 14.0. The SMILES string of the molecule is CCOC(=O)C1=C(C)NC(=S)N[C@H]1c1ccccc1OCC(=O)NN=Cc1ccc(-c2ccc(Br)cc2[N+](=O)[O-])o1. The van der Waals surface area contributed by atoms with Crippen molar-refractivity contribution in [1.29, 1.82) is 0 Å². The van der Waals surface area contributed by atoms with E-state index < -0.39 is 22.8 Å². The van der Waals surface area contributed by atoms with E-state index in [-0.39, 0.29) is 30.4 Å². The molecular formula is C27H24BrN5O7S. The Kier molecular flexibility index (Phi) is 9.47. The average molecular weight is 642 g/mol. The summed E-state index contributed by atoms with van der Waals surface area (Å²) in [6.07, 6.45) is 1.26. The molecule has 1 atom stereocenters. The van der Waals surface area contributed by atoms with Gasteiger partial charge in [-0.05, 0) is 56.4 Å². The van der Waals surface area contributed by atoms with Gasteiger partial charge in [0, 0.05) is 21.8 Å². The third kappa shape index (κ3) is 7.15. The molecule has 0 bridgehead atoms. The number of nitrogens with zero attached hydrogens (tertiary/aromatic N) is 2. The second-order valence-corrected chi connectivity index (χ2v) is 9.85. The number of nitro groups is 1. The smallest absolute Gasteiger partial charge is 0.338 e. The number of hydrazone groups is 1. The Bertz CT molecular complexity index is 1570. The number of hydrogen-bond donors (Lipinski definition) is 3. The van der Waals surface area contributed by atoms with Crippen molar-refractivity contribution in [2.75, 3.05) is 13.2 Å². The topological polar surface area (TPSA) is 157 Å². The quantitative estimate of drug-likeness (QED) is 0.0946. The fourth-order valence-electron chi connectivity index (χ4n) is 4.03. The van der Waals surface area contributed by atoms with Crippen molar-refractivity contribution < 1.29 is 28.4 Å². The van der Waals surface area contributed by atoms with Crippen LogP contribution < -0.4 is 20.8 Å². The number of rotatable bonds is 10. The van der Waals surface area contributed by atoms with Crippen LogP contribution in [0.25, 0.3) is 11.3 Å². The number of esters is 1. The summed E-state index contributed by atoms with van der Waals surface area (Å²) in [5.74, 6) is -0.164. The maximum absolute atomic E-state index is 12.7. The number of benzene rings is 2. The van der Waals surface area contributed by atoms with Gasteiger partial charge in [-0.3, -0.25) is 14.9 Å². The lowest BCUT2D eigenvalue weighted by Gasteiger charge is -2.30. The van der Waals surface area contributed by atoms with Gasteiger partial charge in [0.1, 0.15) is 17.3 Å². The molecule has 3 aromatic rings. The molecule has 0 radical (unpaired) electrons. The minimum Gasteiger partial charge on any atom is -0.483 e. The molecule has 0 spiro atoms. The number of ether oxygens (including phenoxy) is 2. The molecule has 2 aromatic carbocycles. The van der Waals surface area contributed by atoms with Crippen molar-refractivity contribution in [3.63, 3.8) is 0 Å². The Morgan fingerprint density at radius 1 is 1.24 bits per heavy atom. The van der Waals surface area contributed by atoms with Gasteiger partial charge in [-0.25, -0.2) is 10.2 Å². The molecule has 0 aliphatic carbocycles. The molecule has 212 valence electrons. The number of hydrogen-bond acceptors (Lipinski definition) is 9. The third-order valence-corrected chi connectivity index (χ3v) is 6.50. The molecule has 1 amide bonds. The number of thiocarbonyl (C=S) groups is 1. The number of para-hydroxylation sites is 1. The molecule has 0 unspecified atom stereocenters. The summed E-state index contributed by atoms with van der Waals surface area (Å²) in [6.45, 7) is 3.27. The minimum atomic E-state index is -0.658. The molecule has 1 aromatic heterocycles. The van der Waals surface area contributed by atoms with Crippen LogP contribution >= 0.6 is 28.1 Å². The van der Waals surface area contributed by atoms with Crippen LogP contribution in [-0.4, -0.2) is 41.3 Å². The molecule has 0 fully saturated rings. The van der Waals surface area contributed by atoms with E-state index in [1.165, 1.54) is 12.3 Å². The first-order chi connectivity index (χ1) is 19.7. The summed E-state index contributed by atoms with van der Waals surface area (Å²) in [5.41, 5.74) is 4.00. The van der Waals surface area contributed by atoms with Crippen molar-refractivity contribution in [2.45, 2.75) is 19.9 Å². The zero-order valence-electron chi connectivity index (χ0n) is 21.8. The van der Waals surface area contributed by atoms with Crippen LogP contribution in [0.1, 0.15) is 31.2 Å². The van der Waals surface area contributed by atoms with E-state index in [2.05, 4.69) is 37.1 Å². The maximum atomic E-state index is 12.7. The lowest BCUT2D eigenvalue weighted by atomic mass is 9.95. The van der Waals surface area contributed by atoms with Gasteiger partial charge in [0.25, 0.3) is 11.6 Å². The van der Waals surface area contributed by atoms with Gasteiger partial charge in [0.15, 0.2) is 11.7 Å². The molecule has 3 N–H and O–H groups in total. The molecule has 1 aliphatic heterocycles. The van der Waals surface area contributed by atoms with E-state index in [4.69, 9.17) is 26.1 Å². The lowest BCUT2D eigenvalue weighted by Crippen LogP contribution is -2.45. The second kappa shape index (κ2) is 13.2. The highest BCUT2D eigenvalue weighted by molar-refractivity contribution is 9.10. The van der Waals surface area contributed by atoms with Crippen molar-refractivity contribution in [1.82, 2.24) is 16.1 Å². The molecule has 1 aliphatic rings. The van der Waals surface area contributed by atoms with Crippen molar-refractivity contribution in [3.05, 3.63) is 91.8 Å². The predicted octanol–water partition coefficient (Wildman–Crippen LogP) is 4.50. The number of allylic oxidation sites excluding steroid dienone is 1. The normalized spacial score (nSPS) is 14.8. The molecule has 14 heteroatoms. The van der Waals surface area contributed by atoms with Gasteiger partial charge < -0.3 is 24.5 Å². The Hall–Kier alpha value is -4.56. The summed E-state index contributed by atoms with van der Waals surface area (Å²) in [5, 5.41) is 21.6. The summed E-state index contributed by atoms with van der Waals surface area (Å²) in [7, 11) is 0. The van der Waals surface area contributed by atoms with Crippen LogP contribution in [0.5, 0.6) is 5.75 Å². The summed E-state index contributed by atoms with van der Waals surface area (Å²) in [4.78, 5) is 36.0. The number of amides is 1. The zero-order chi connectivity index (χ0) is 29.5. The Labute approximate surface area is 248 Å². The second-order valence-electron chi connectivity index (χ2n) is 8.53. The Morgan fingerprint density at radius 3 is 2.78 bits per heavy atom. The van der Waals surface area contributed by atoms with Crippen LogP contribution in [0.4, 0.5) is 5.69 Å². The standard InChI is InChI=1S/C27H24BrN5O7S/c1-3-38-26(35)24-15(2)30-27(41)31-25(24)19-6-4-5-7-21(19)39-14-23(34)32-29-13-17-9-11-22(40-17)18-10-8-16(28)12-20(18)33(36)37/h4-13,25H,3,14H2,1-2H3,(H,32,34)(H2,30,31,41)/t25-/m0/s1. The van der Waals surface area contributed by atoms with Gasteiger partial charge in [-0.2, -0.15) is 5.10 Å². The van der Waals surface area contributed by atoms with Crippen LogP contribution in [0, 0.1) is 10.1 Å². The van der Waals surface area contributed by atoms with Gasteiger partial charge in [0.05, 0.1) is 34.9 Å². The van der Waals surface area contributed by atoms with Crippen LogP contribution in [0.3, 0.4) is 0 Å². The first-order valence-electron chi connectivity index (χ1n) is 12.2. The van der Waals surface area contributed by atoms with Gasteiger partial charge in [0.2, 0.25) is 0 Å². The monoisotopic (exact) mass is 641 g/mol. The van der Waals surface area contributed by atoms with E-state index in [9.17, 15) is 19.7 Å². The summed E-state index contributed by atoms with van der Waals surface area (Å²) >= 11 is 8.51. The van der Waals surface area contributed by atoms with Crippen molar-refractivity contribution in [3.8, 4) is 17.1 Å². The fourth-order valence-corrected chi connectivity index (χ4v) is 4.65. The molecular weight excluding hydrogens is 618 g/mol. The van der Waals surface area contributed by atoms with Gasteiger partial charge in [-0.1, -0.05) is 34.1 Å². The van der Waals surface area contributed by atoms with Crippen LogP contribution in [0.2, 0.25) is 0 Å². The number of nitro benzene ring substituents is 1. The molecule has 12 nitrogen and oxygen atoms in total. The first kappa shape index (κ1) is 29.4. The molecule has 0 saturated carbocycles. The number of furan rings is 1. The van der Waals surface area contributed by atoms with E-state index in [0.717, 1.165) is 0 Å². The fraction of sp³-hybridized carbons (Fsp3) is 0.185. The average Bonchev–Trinajstić information content (AvgIpc) is 3.40.